The minimum atomic E-state index is -0.942. The van der Waals surface area contributed by atoms with E-state index >= 15 is 0 Å². The van der Waals surface area contributed by atoms with Crippen molar-refractivity contribution in [2.75, 3.05) is 0 Å². The molecule has 12 heavy (non-hydrogen) atoms. The molecule has 0 heterocycles. The van der Waals surface area contributed by atoms with Crippen LogP contribution in [0.1, 0.15) is 20.8 Å². The first-order valence-electron chi connectivity index (χ1n) is 4.25. The van der Waals surface area contributed by atoms with Gasteiger partial charge < -0.3 is 21.7 Å². The van der Waals surface area contributed by atoms with Gasteiger partial charge in [0.15, 0.2) is 0 Å². The van der Waals surface area contributed by atoms with Crippen molar-refractivity contribution < 1.29 is 10.2 Å². The van der Waals surface area contributed by atoms with Crippen molar-refractivity contribution in [3.05, 3.63) is 0 Å². The first-order valence-corrected chi connectivity index (χ1v) is 4.25. The predicted octanol–water partition coefficient (Wildman–Crippen LogP) is -0.961. The quantitative estimate of drug-likeness (QED) is 0.444. The van der Waals surface area contributed by atoms with E-state index in [1.165, 1.54) is 0 Å². The Bertz CT molecular complexity index is 114. The second-order valence-corrected chi connectivity index (χ2v) is 3.66. The molecule has 74 valence electrons. The second kappa shape index (κ2) is 4.77. The van der Waals surface area contributed by atoms with Crippen molar-refractivity contribution in [1.29, 1.82) is 0 Å². The van der Waals surface area contributed by atoms with Crippen LogP contribution in [0.3, 0.4) is 0 Å². The summed E-state index contributed by atoms with van der Waals surface area (Å²) in [7, 11) is 0. The Labute approximate surface area is 73.6 Å². The van der Waals surface area contributed by atoms with Gasteiger partial charge in [0.2, 0.25) is 0 Å². The molecule has 0 aliphatic heterocycles. The van der Waals surface area contributed by atoms with E-state index in [4.69, 9.17) is 11.5 Å². The average Bonchev–Trinajstić information content (AvgIpc) is 2.00. The van der Waals surface area contributed by atoms with E-state index in [-0.39, 0.29) is 5.92 Å². The van der Waals surface area contributed by atoms with E-state index in [0.717, 1.165) is 0 Å². The lowest BCUT2D eigenvalue weighted by Gasteiger charge is -2.28. The molecular weight excluding hydrogens is 156 g/mol. The fraction of sp³-hybridized carbons (Fsp3) is 1.00. The number of hydrogen-bond acceptors (Lipinski definition) is 4. The molecule has 0 aliphatic carbocycles. The number of aliphatic hydroxyl groups is 2. The number of nitrogens with two attached hydrogens (primary N) is 2. The van der Waals surface area contributed by atoms with Crippen LogP contribution in [0, 0.1) is 5.92 Å². The van der Waals surface area contributed by atoms with E-state index < -0.39 is 24.3 Å². The van der Waals surface area contributed by atoms with Gasteiger partial charge in [-0.25, -0.2) is 0 Å². The number of aliphatic hydroxyl groups excluding tert-OH is 2. The van der Waals surface area contributed by atoms with Crippen molar-refractivity contribution in [1.82, 2.24) is 0 Å². The van der Waals surface area contributed by atoms with Gasteiger partial charge in [-0.15, -0.1) is 0 Å². The van der Waals surface area contributed by atoms with Crippen LogP contribution in [-0.4, -0.2) is 34.5 Å². The van der Waals surface area contributed by atoms with E-state index in [1.54, 1.807) is 6.92 Å². The van der Waals surface area contributed by atoms with Gasteiger partial charge in [0.25, 0.3) is 0 Å². The molecule has 4 nitrogen and oxygen atoms in total. The standard InChI is InChI=1S/C8H20N2O2/c1-4(2)6(10)8(12)7(11)5(3)9/h4-8,11-12H,9-10H2,1-3H3/t5-,6-,7?,8?/m0/s1. The first kappa shape index (κ1) is 11.8. The predicted molar refractivity (Wildman–Crippen MR) is 48.5 cm³/mol. The zero-order chi connectivity index (χ0) is 9.89. The molecule has 0 bridgehead atoms. The molecule has 0 aromatic heterocycles. The molecular formula is C8H20N2O2. The molecule has 0 spiro atoms. The van der Waals surface area contributed by atoms with Gasteiger partial charge in [-0.1, -0.05) is 13.8 Å². The van der Waals surface area contributed by atoms with Crippen LogP contribution in [0.2, 0.25) is 0 Å². The Balaban J connectivity index is 4.08. The van der Waals surface area contributed by atoms with Crippen molar-refractivity contribution in [3.63, 3.8) is 0 Å². The summed E-state index contributed by atoms with van der Waals surface area (Å²) >= 11 is 0. The molecule has 0 radical (unpaired) electrons. The first-order chi connectivity index (χ1) is 5.37. The third kappa shape index (κ3) is 3.06. The Kier molecular flexibility index (Phi) is 4.70. The van der Waals surface area contributed by atoms with Crippen LogP contribution in [0.25, 0.3) is 0 Å². The number of hydrogen-bond donors (Lipinski definition) is 4. The highest BCUT2D eigenvalue weighted by Gasteiger charge is 2.27. The monoisotopic (exact) mass is 176 g/mol. The van der Waals surface area contributed by atoms with Gasteiger partial charge in [0.1, 0.15) is 0 Å². The summed E-state index contributed by atoms with van der Waals surface area (Å²) in [4.78, 5) is 0. The summed E-state index contributed by atoms with van der Waals surface area (Å²) in [6.07, 6.45) is -1.88. The Hall–Kier alpha value is -0.160. The third-order valence-electron chi connectivity index (χ3n) is 2.05. The van der Waals surface area contributed by atoms with Crippen LogP contribution in [-0.2, 0) is 0 Å². The highest BCUT2D eigenvalue weighted by atomic mass is 16.3. The van der Waals surface area contributed by atoms with Crippen LogP contribution < -0.4 is 11.5 Å². The molecule has 4 atom stereocenters. The highest BCUT2D eigenvalue weighted by Crippen LogP contribution is 2.08. The second-order valence-electron chi connectivity index (χ2n) is 3.66. The summed E-state index contributed by atoms with van der Waals surface area (Å²) in [5.41, 5.74) is 11.0. The van der Waals surface area contributed by atoms with Gasteiger partial charge in [0, 0.05) is 12.1 Å². The molecule has 6 N–H and O–H groups in total. The topological polar surface area (TPSA) is 92.5 Å². The molecule has 0 aromatic carbocycles. The maximum atomic E-state index is 9.47. The maximum absolute atomic E-state index is 9.47. The number of rotatable bonds is 4. The van der Waals surface area contributed by atoms with Gasteiger partial charge in [-0.3, -0.25) is 0 Å². The Morgan fingerprint density at radius 1 is 0.917 bits per heavy atom. The Morgan fingerprint density at radius 3 is 1.58 bits per heavy atom. The lowest BCUT2D eigenvalue weighted by molar-refractivity contribution is -0.0150. The van der Waals surface area contributed by atoms with Crippen molar-refractivity contribution in [3.8, 4) is 0 Å². The fourth-order valence-electron chi connectivity index (χ4n) is 0.933. The van der Waals surface area contributed by atoms with E-state index in [9.17, 15) is 10.2 Å². The minimum Gasteiger partial charge on any atom is -0.389 e. The van der Waals surface area contributed by atoms with E-state index in [1.807, 2.05) is 13.8 Å². The fourth-order valence-corrected chi connectivity index (χ4v) is 0.933. The zero-order valence-corrected chi connectivity index (χ0v) is 7.94. The van der Waals surface area contributed by atoms with Crippen LogP contribution in [0.15, 0.2) is 0 Å². The largest absolute Gasteiger partial charge is 0.389 e. The van der Waals surface area contributed by atoms with E-state index in [0.29, 0.717) is 0 Å². The van der Waals surface area contributed by atoms with Gasteiger partial charge in [0.05, 0.1) is 12.2 Å². The molecule has 0 saturated heterocycles. The lowest BCUT2D eigenvalue weighted by Crippen LogP contribution is -2.51. The molecule has 0 aromatic rings. The summed E-state index contributed by atoms with van der Waals surface area (Å²) in [5, 5.41) is 18.8. The van der Waals surface area contributed by atoms with Crippen molar-refractivity contribution >= 4 is 0 Å². The van der Waals surface area contributed by atoms with Gasteiger partial charge in [-0.2, -0.15) is 0 Å². The van der Waals surface area contributed by atoms with Crippen molar-refractivity contribution in [2.24, 2.45) is 17.4 Å². The molecule has 4 heteroatoms. The van der Waals surface area contributed by atoms with Crippen LogP contribution in [0.4, 0.5) is 0 Å². The van der Waals surface area contributed by atoms with Crippen LogP contribution in [0.5, 0.6) is 0 Å². The highest BCUT2D eigenvalue weighted by molar-refractivity contribution is 4.84. The van der Waals surface area contributed by atoms with Crippen LogP contribution >= 0.6 is 0 Å². The molecule has 0 amide bonds. The molecule has 0 fully saturated rings. The van der Waals surface area contributed by atoms with E-state index in [2.05, 4.69) is 0 Å². The molecule has 0 saturated carbocycles. The van der Waals surface area contributed by atoms with Gasteiger partial charge >= 0.3 is 0 Å². The zero-order valence-electron chi connectivity index (χ0n) is 7.94. The maximum Gasteiger partial charge on any atom is 0.0967 e. The molecule has 0 aliphatic rings. The summed E-state index contributed by atoms with van der Waals surface area (Å²) in [5.74, 6) is 0.133. The average molecular weight is 176 g/mol. The summed E-state index contributed by atoms with van der Waals surface area (Å²) in [6.45, 7) is 5.42. The third-order valence-corrected chi connectivity index (χ3v) is 2.05. The lowest BCUT2D eigenvalue weighted by atomic mass is 9.93. The molecule has 2 unspecified atom stereocenters. The SMILES string of the molecule is CC(C)[C@H](N)C(O)C(O)[C@H](C)N. The summed E-state index contributed by atoms with van der Waals surface area (Å²) < 4.78 is 0. The van der Waals surface area contributed by atoms with Gasteiger partial charge in [-0.05, 0) is 12.8 Å². The minimum absolute atomic E-state index is 0.133. The smallest absolute Gasteiger partial charge is 0.0967 e. The normalized spacial score (nSPS) is 22.0. The Morgan fingerprint density at radius 2 is 1.33 bits per heavy atom. The summed E-state index contributed by atoms with van der Waals surface area (Å²) in [6, 6.07) is -0.879. The van der Waals surface area contributed by atoms with Crippen molar-refractivity contribution in [2.45, 2.75) is 45.1 Å². The molecule has 0 rings (SSSR count).